The Balaban J connectivity index is 1.39. The maximum atomic E-state index is 12.6. The summed E-state index contributed by atoms with van der Waals surface area (Å²) in [5.74, 6) is 0.0441. The second kappa shape index (κ2) is 10.2. The smallest absolute Gasteiger partial charge is 0.226 e. The van der Waals surface area contributed by atoms with Crippen LogP contribution in [0.25, 0.3) is 0 Å². The number of nitrogens with one attached hydrogen (secondary N) is 2. The van der Waals surface area contributed by atoms with Gasteiger partial charge in [-0.15, -0.1) is 11.3 Å². The number of anilines is 1. The zero-order chi connectivity index (χ0) is 20.6. The van der Waals surface area contributed by atoms with Crippen LogP contribution in [0.2, 0.25) is 0 Å². The van der Waals surface area contributed by atoms with E-state index >= 15 is 0 Å². The number of benzene rings is 1. The minimum Gasteiger partial charge on any atom is -0.355 e. The topological polar surface area (TPSA) is 78.5 Å². The van der Waals surface area contributed by atoms with Crippen LogP contribution in [-0.4, -0.2) is 42.3 Å². The predicted molar refractivity (Wildman–Crippen MR) is 115 cm³/mol. The molecule has 0 spiro atoms. The Morgan fingerprint density at radius 2 is 1.83 bits per heavy atom. The summed E-state index contributed by atoms with van der Waals surface area (Å²) < 4.78 is 0. The first-order valence-corrected chi connectivity index (χ1v) is 10.8. The van der Waals surface area contributed by atoms with E-state index in [-0.39, 0.29) is 23.6 Å². The van der Waals surface area contributed by atoms with Crippen molar-refractivity contribution in [2.75, 3.05) is 25.0 Å². The molecule has 1 aromatic heterocycles. The van der Waals surface area contributed by atoms with Gasteiger partial charge in [0.15, 0.2) is 0 Å². The molecule has 1 aliphatic rings. The number of hydrogen-bond acceptors (Lipinski definition) is 4. The van der Waals surface area contributed by atoms with Crippen molar-refractivity contribution in [2.45, 2.75) is 32.6 Å². The van der Waals surface area contributed by atoms with E-state index in [0.717, 1.165) is 17.7 Å². The molecule has 29 heavy (non-hydrogen) atoms. The molecule has 6 nitrogen and oxygen atoms in total. The summed E-state index contributed by atoms with van der Waals surface area (Å²) in [6, 6.07) is 11.4. The lowest BCUT2D eigenvalue weighted by atomic mass is 9.95. The van der Waals surface area contributed by atoms with Gasteiger partial charge in [-0.2, -0.15) is 0 Å². The van der Waals surface area contributed by atoms with Crippen LogP contribution in [0.1, 0.15) is 30.2 Å². The van der Waals surface area contributed by atoms with Gasteiger partial charge in [0, 0.05) is 43.0 Å². The van der Waals surface area contributed by atoms with Crippen molar-refractivity contribution < 1.29 is 14.4 Å². The standard InChI is InChI=1S/C22H27N3O3S/c1-16(26)24-19-6-4-17(5-7-19)15-21(27)25-12-9-18(10-13-25)22(28)23-11-8-20-3-2-14-29-20/h2-7,14,18H,8-13,15H2,1H3,(H,23,28)(H,24,26). The molecule has 0 atom stereocenters. The van der Waals surface area contributed by atoms with Gasteiger partial charge in [0.2, 0.25) is 17.7 Å². The lowest BCUT2D eigenvalue weighted by Gasteiger charge is -2.31. The molecule has 3 amide bonds. The van der Waals surface area contributed by atoms with Gasteiger partial charge in [-0.1, -0.05) is 18.2 Å². The molecule has 0 aliphatic carbocycles. The fraction of sp³-hybridized carbons (Fsp3) is 0.409. The van der Waals surface area contributed by atoms with Gasteiger partial charge in [-0.3, -0.25) is 14.4 Å². The van der Waals surface area contributed by atoms with E-state index in [9.17, 15) is 14.4 Å². The molecule has 2 aromatic rings. The van der Waals surface area contributed by atoms with Crippen LogP contribution in [0.15, 0.2) is 41.8 Å². The molecule has 0 unspecified atom stereocenters. The first kappa shape index (κ1) is 21.0. The second-order valence-electron chi connectivity index (χ2n) is 7.33. The average molecular weight is 414 g/mol. The van der Waals surface area contributed by atoms with Crippen LogP contribution < -0.4 is 10.6 Å². The van der Waals surface area contributed by atoms with E-state index in [1.807, 2.05) is 28.5 Å². The molecule has 1 fully saturated rings. The van der Waals surface area contributed by atoms with Crippen molar-refractivity contribution in [2.24, 2.45) is 5.92 Å². The monoisotopic (exact) mass is 413 g/mol. The van der Waals surface area contributed by atoms with E-state index in [4.69, 9.17) is 0 Å². The third kappa shape index (κ3) is 6.42. The van der Waals surface area contributed by atoms with Crippen LogP contribution in [0.3, 0.4) is 0 Å². The van der Waals surface area contributed by atoms with E-state index in [2.05, 4.69) is 16.7 Å². The third-order valence-electron chi connectivity index (χ3n) is 5.10. The van der Waals surface area contributed by atoms with Crippen molar-refractivity contribution in [3.05, 3.63) is 52.2 Å². The number of carbonyl (C=O) groups is 3. The molecule has 1 aromatic carbocycles. The molecule has 2 N–H and O–H groups in total. The lowest BCUT2D eigenvalue weighted by molar-refractivity contribution is -0.135. The Hall–Kier alpha value is -2.67. The number of carbonyl (C=O) groups excluding carboxylic acids is 3. The average Bonchev–Trinajstić information content (AvgIpc) is 3.22. The summed E-state index contributed by atoms with van der Waals surface area (Å²) in [7, 11) is 0. The van der Waals surface area contributed by atoms with Gasteiger partial charge < -0.3 is 15.5 Å². The normalized spacial score (nSPS) is 14.4. The quantitative estimate of drug-likeness (QED) is 0.733. The lowest BCUT2D eigenvalue weighted by Crippen LogP contribution is -2.43. The molecule has 1 saturated heterocycles. The van der Waals surface area contributed by atoms with Gasteiger partial charge in [-0.25, -0.2) is 0 Å². The fourth-order valence-corrected chi connectivity index (χ4v) is 4.20. The molecule has 3 rings (SSSR count). The highest BCUT2D eigenvalue weighted by Crippen LogP contribution is 2.19. The number of hydrogen-bond donors (Lipinski definition) is 2. The zero-order valence-corrected chi connectivity index (χ0v) is 17.5. The SMILES string of the molecule is CC(=O)Nc1ccc(CC(=O)N2CCC(C(=O)NCCc3cccs3)CC2)cc1. The highest BCUT2D eigenvalue weighted by molar-refractivity contribution is 7.09. The van der Waals surface area contributed by atoms with Crippen LogP contribution in [0.5, 0.6) is 0 Å². The van der Waals surface area contributed by atoms with Crippen LogP contribution in [0.4, 0.5) is 5.69 Å². The Morgan fingerprint density at radius 3 is 2.45 bits per heavy atom. The highest BCUT2D eigenvalue weighted by Gasteiger charge is 2.27. The van der Waals surface area contributed by atoms with Gasteiger partial charge in [0.1, 0.15) is 0 Å². The molecule has 2 heterocycles. The number of piperidine rings is 1. The first-order valence-electron chi connectivity index (χ1n) is 9.95. The molecule has 7 heteroatoms. The first-order chi connectivity index (χ1) is 14.0. The predicted octanol–water partition coefficient (Wildman–Crippen LogP) is 2.85. The van der Waals surface area contributed by atoms with Crippen molar-refractivity contribution >= 4 is 34.7 Å². The van der Waals surface area contributed by atoms with Gasteiger partial charge >= 0.3 is 0 Å². The van der Waals surface area contributed by atoms with Crippen LogP contribution >= 0.6 is 11.3 Å². The van der Waals surface area contributed by atoms with Crippen molar-refractivity contribution in [3.63, 3.8) is 0 Å². The summed E-state index contributed by atoms with van der Waals surface area (Å²) in [6.07, 6.45) is 2.61. The Labute approximate surface area is 175 Å². The third-order valence-corrected chi connectivity index (χ3v) is 6.04. The number of nitrogens with zero attached hydrogens (tertiary/aromatic N) is 1. The summed E-state index contributed by atoms with van der Waals surface area (Å²) in [5.41, 5.74) is 1.64. The highest BCUT2D eigenvalue weighted by atomic mass is 32.1. The minimum absolute atomic E-state index is 0.0145. The maximum absolute atomic E-state index is 12.6. The Kier molecular flexibility index (Phi) is 7.41. The molecule has 0 saturated carbocycles. The van der Waals surface area contributed by atoms with E-state index < -0.39 is 0 Å². The van der Waals surface area contributed by atoms with Crippen molar-refractivity contribution in [3.8, 4) is 0 Å². The molecular weight excluding hydrogens is 386 g/mol. The van der Waals surface area contributed by atoms with E-state index in [0.29, 0.717) is 38.9 Å². The number of rotatable bonds is 7. The maximum Gasteiger partial charge on any atom is 0.226 e. The van der Waals surface area contributed by atoms with Crippen LogP contribution in [-0.2, 0) is 27.2 Å². The van der Waals surface area contributed by atoms with Gasteiger partial charge in [0.05, 0.1) is 6.42 Å². The van der Waals surface area contributed by atoms with Crippen molar-refractivity contribution in [1.82, 2.24) is 10.2 Å². The largest absolute Gasteiger partial charge is 0.355 e. The minimum atomic E-state index is -0.118. The Morgan fingerprint density at radius 1 is 1.10 bits per heavy atom. The summed E-state index contributed by atoms with van der Waals surface area (Å²) >= 11 is 1.70. The number of amides is 3. The number of likely N-dealkylation sites (tertiary alicyclic amines) is 1. The zero-order valence-electron chi connectivity index (χ0n) is 16.6. The van der Waals surface area contributed by atoms with Gasteiger partial charge in [0.25, 0.3) is 0 Å². The van der Waals surface area contributed by atoms with Gasteiger partial charge in [-0.05, 0) is 48.4 Å². The van der Waals surface area contributed by atoms with Crippen LogP contribution in [0, 0.1) is 5.92 Å². The molecule has 154 valence electrons. The fourth-order valence-electron chi connectivity index (χ4n) is 3.49. The molecular formula is C22H27N3O3S. The summed E-state index contributed by atoms with van der Waals surface area (Å²) in [5, 5.41) is 7.79. The Bertz CT molecular complexity index is 825. The van der Waals surface area contributed by atoms with E-state index in [1.54, 1.807) is 23.5 Å². The second-order valence-corrected chi connectivity index (χ2v) is 8.36. The van der Waals surface area contributed by atoms with Crippen molar-refractivity contribution in [1.29, 1.82) is 0 Å². The molecule has 0 radical (unpaired) electrons. The summed E-state index contributed by atoms with van der Waals surface area (Å²) in [6.45, 7) is 3.36. The number of thiophene rings is 1. The molecule has 0 bridgehead atoms. The van der Waals surface area contributed by atoms with E-state index in [1.165, 1.54) is 11.8 Å². The summed E-state index contributed by atoms with van der Waals surface area (Å²) in [4.78, 5) is 39.1. The molecule has 1 aliphatic heterocycles.